The van der Waals surface area contributed by atoms with Crippen molar-refractivity contribution in [3.8, 4) is 33.8 Å². The van der Waals surface area contributed by atoms with Crippen LogP contribution in [0.15, 0.2) is 97.1 Å². The number of nitrogens with zero attached hydrogens (tertiary/aromatic N) is 2. The molecule has 0 spiro atoms. The normalized spacial score (nSPS) is 23.0. The van der Waals surface area contributed by atoms with Crippen molar-refractivity contribution in [1.29, 1.82) is 0 Å². The first kappa shape index (κ1) is 25.0. The Balaban J connectivity index is 1.03. The fourth-order valence-corrected chi connectivity index (χ4v) is 6.31. The number of fused-ring (bicyclic) bond motifs is 4. The number of rotatable bonds is 5. The first-order chi connectivity index (χ1) is 19.8. The molecule has 4 aromatic carbocycles. The van der Waals surface area contributed by atoms with Crippen molar-refractivity contribution in [2.45, 2.75) is 6.92 Å². The molecule has 0 radical (unpaired) electrons. The Morgan fingerprint density at radius 1 is 0.488 bits per heavy atom. The molecule has 0 N–H and O–H groups in total. The van der Waals surface area contributed by atoms with Gasteiger partial charge in [0.15, 0.2) is 0 Å². The van der Waals surface area contributed by atoms with E-state index in [1.54, 1.807) is 12.1 Å². The van der Waals surface area contributed by atoms with Crippen LogP contribution in [0, 0.1) is 30.6 Å². The Morgan fingerprint density at radius 2 is 0.829 bits per heavy atom. The minimum absolute atomic E-state index is 0.369. The lowest BCUT2D eigenvalue weighted by atomic mass is 9.59. The van der Waals surface area contributed by atoms with Crippen LogP contribution in [0.4, 0.5) is 5.69 Å². The molecule has 4 unspecified atom stereocenters. The van der Waals surface area contributed by atoms with E-state index < -0.39 is 35.5 Å². The van der Waals surface area contributed by atoms with E-state index in [1.807, 2.05) is 60.7 Å². The van der Waals surface area contributed by atoms with Gasteiger partial charge in [-0.25, -0.2) is 0 Å². The maximum Gasteiger partial charge on any atom is 0.238 e. The van der Waals surface area contributed by atoms with Crippen LogP contribution < -0.4 is 9.64 Å². The molecule has 41 heavy (non-hydrogen) atoms. The predicted octanol–water partition coefficient (Wildman–Crippen LogP) is 5.47. The molecule has 3 aliphatic rings. The van der Waals surface area contributed by atoms with Crippen LogP contribution in [0.25, 0.3) is 22.3 Å². The van der Waals surface area contributed by atoms with Crippen molar-refractivity contribution in [3.63, 3.8) is 0 Å². The second kappa shape index (κ2) is 9.27. The summed E-state index contributed by atoms with van der Waals surface area (Å²) in [7, 11) is 1.41. The molecule has 4 amide bonds. The van der Waals surface area contributed by atoms with Crippen LogP contribution >= 0.6 is 0 Å². The minimum Gasteiger partial charge on any atom is -0.457 e. The summed E-state index contributed by atoms with van der Waals surface area (Å²) in [6.45, 7) is 2.07. The van der Waals surface area contributed by atoms with Gasteiger partial charge in [-0.15, -0.1) is 0 Å². The molecule has 3 fully saturated rings. The maximum atomic E-state index is 13.1. The van der Waals surface area contributed by atoms with Crippen molar-refractivity contribution >= 4 is 29.3 Å². The van der Waals surface area contributed by atoms with E-state index in [9.17, 15) is 19.2 Å². The second-order valence-corrected chi connectivity index (χ2v) is 10.9. The third-order valence-corrected chi connectivity index (χ3v) is 8.58. The number of amides is 4. The number of hydrogen-bond donors (Lipinski definition) is 0. The number of hydrogen-bond acceptors (Lipinski definition) is 5. The Morgan fingerprint density at radius 3 is 1.24 bits per heavy atom. The molecular weight excluding hydrogens is 516 g/mol. The van der Waals surface area contributed by atoms with Gasteiger partial charge in [0.05, 0.1) is 29.4 Å². The topological polar surface area (TPSA) is 84.0 Å². The summed E-state index contributed by atoms with van der Waals surface area (Å²) in [5.74, 6) is -3.03. The largest absolute Gasteiger partial charge is 0.457 e. The molecule has 1 saturated carbocycles. The summed E-state index contributed by atoms with van der Waals surface area (Å²) in [5, 5.41) is 0. The van der Waals surface area contributed by atoms with Gasteiger partial charge in [0.25, 0.3) is 0 Å². The number of imide groups is 2. The summed E-state index contributed by atoms with van der Waals surface area (Å²) < 4.78 is 6.04. The standard InChI is InChI=1S/C34H26N2O5/c1-19-3-5-20(6-4-19)22-9-15-25(16-10-22)41-26-17-11-23(12-18-26)21-7-13-24(14-8-21)36-33(39)29-27-28(30(29)34(36)40)32(38)35(2)31(27)37/h3-18,27-30H,1-2H3. The predicted molar refractivity (Wildman–Crippen MR) is 153 cm³/mol. The maximum absolute atomic E-state index is 13.1. The molecule has 7 nitrogen and oxygen atoms in total. The van der Waals surface area contributed by atoms with Gasteiger partial charge in [-0.1, -0.05) is 66.2 Å². The first-order valence-corrected chi connectivity index (χ1v) is 13.6. The monoisotopic (exact) mass is 542 g/mol. The molecule has 0 aromatic heterocycles. The number of carbonyl (C=O) groups is 4. The van der Waals surface area contributed by atoms with Crippen LogP contribution in [0.5, 0.6) is 11.5 Å². The highest BCUT2D eigenvalue weighted by Gasteiger charge is 2.73. The quantitative estimate of drug-likeness (QED) is 0.312. The highest BCUT2D eigenvalue weighted by Crippen LogP contribution is 2.56. The summed E-state index contributed by atoms with van der Waals surface area (Å²) >= 11 is 0. The van der Waals surface area contributed by atoms with E-state index >= 15 is 0 Å². The van der Waals surface area contributed by atoms with Crippen molar-refractivity contribution in [2.75, 3.05) is 11.9 Å². The van der Waals surface area contributed by atoms with Gasteiger partial charge in [-0.3, -0.25) is 29.0 Å². The van der Waals surface area contributed by atoms with Gasteiger partial charge >= 0.3 is 0 Å². The average molecular weight is 543 g/mol. The van der Waals surface area contributed by atoms with E-state index in [0.29, 0.717) is 11.4 Å². The van der Waals surface area contributed by atoms with Crippen LogP contribution in [-0.2, 0) is 19.2 Å². The number of ether oxygens (including phenoxy) is 1. The summed E-state index contributed by atoms with van der Waals surface area (Å²) in [6, 6.07) is 31.2. The van der Waals surface area contributed by atoms with Crippen molar-refractivity contribution in [3.05, 3.63) is 103 Å². The zero-order chi connectivity index (χ0) is 28.4. The van der Waals surface area contributed by atoms with E-state index in [1.165, 1.54) is 12.6 Å². The highest BCUT2D eigenvalue weighted by molar-refractivity contribution is 6.27. The third kappa shape index (κ3) is 3.88. The third-order valence-electron chi connectivity index (χ3n) is 8.58. The number of carbonyl (C=O) groups excluding carboxylic acids is 4. The zero-order valence-electron chi connectivity index (χ0n) is 22.5. The van der Waals surface area contributed by atoms with Gasteiger partial charge in [-0.2, -0.15) is 0 Å². The van der Waals surface area contributed by atoms with E-state index in [4.69, 9.17) is 4.74 Å². The van der Waals surface area contributed by atoms with Crippen molar-refractivity contribution in [1.82, 2.24) is 4.90 Å². The Kier molecular flexibility index (Phi) is 5.64. The van der Waals surface area contributed by atoms with Crippen LogP contribution in [0.2, 0.25) is 0 Å². The summed E-state index contributed by atoms with van der Waals surface area (Å²) in [5.41, 5.74) is 5.81. The molecule has 202 valence electrons. The summed E-state index contributed by atoms with van der Waals surface area (Å²) in [4.78, 5) is 53.3. The zero-order valence-corrected chi connectivity index (χ0v) is 22.5. The fourth-order valence-electron chi connectivity index (χ4n) is 6.31. The van der Waals surface area contributed by atoms with Gasteiger partial charge in [0, 0.05) is 7.05 Å². The lowest BCUT2D eigenvalue weighted by Gasteiger charge is -2.36. The second-order valence-electron chi connectivity index (χ2n) is 10.9. The van der Waals surface area contributed by atoms with Crippen LogP contribution in [0.3, 0.4) is 0 Å². The van der Waals surface area contributed by atoms with Gasteiger partial charge in [-0.05, 0) is 65.6 Å². The smallest absolute Gasteiger partial charge is 0.238 e. The number of aryl methyl sites for hydroxylation is 1. The molecule has 2 heterocycles. The molecule has 0 bridgehead atoms. The number of benzene rings is 4. The lowest BCUT2D eigenvalue weighted by molar-refractivity contribution is -0.146. The van der Waals surface area contributed by atoms with Crippen LogP contribution in [0.1, 0.15) is 5.56 Å². The SMILES string of the molecule is Cc1ccc(-c2ccc(Oc3ccc(-c4ccc(N5C(=O)C6C7C(=O)N(C)C(=O)C7C6C5=O)cc4)cc3)cc2)cc1. The molecule has 7 heteroatoms. The van der Waals surface area contributed by atoms with E-state index in [2.05, 4.69) is 31.2 Å². The number of anilines is 1. The Labute approximate surface area is 237 Å². The Bertz CT molecular complexity index is 1670. The Hall–Kier alpha value is -5.04. The van der Waals surface area contributed by atoms with Crippen molar-refractivity contribution in [2.24, 2.45) is 23.7 Å². The van der Waals surface area contributed by atoms with Gasteiger partial charge in [0.1, 0.15) is 11.5 Å². The molecule has 2 saturated heterocycles. The van der Waals surface area contributed by atoms with Gasteiger partial charge < -0.3 is 4.74 Å². The van der Waals surface area contributed by atoms with Crippen LogP contribution in [-0.4, -0.2) is 35.6 Å². The van der Waals surface area contributed by atoms with E-state index in [0.717, 1.165) is 37.8 Å². The minimum atomic E-state index is -0.750. The van der Waals surface area contributed by atoms with Crippen molar-refractivity contribution < 1.29 is 23.9 Å². The van der Waals surface area contributed by atoms with E-state index in [-0.39, 0.29) is 11.8 Å². The fraction of sp³-hybridized carbons (Fsp3) is 0.176. The summed E-state index contributed by atoms with van der Waals surface area (Å²) in [6.07, 6.45) is 0. The molecular formula is C34H26N2O5. The molecule has 4 aromatic rings. The molecule has 4 atom stereocenters. The first-order valence-electron chi connectivity index (χ1n) is 13.6. The average Bonchev–Trinajstić information content (AvgIpc) is 3.29. The molecule has 2 aliphatic heterocycles. The highest BCUT2D eigenvalue weighted by atomic mass is 16.5. The molecule has 7 rings (SSSR count). The lowest BCUT2D eigenvalue weighted by Crippen LogP contribution is -2.50. The van der Waals surface area contributed by atoms with Gasteiger partial charge in [0.2, 0.25) is 23.6 Å². The molecule has 1 aliphatic carbocycles. The number of likely N-dealkylation sites (tertiary alicyclic amines) is 1.